The molecule has 2 aromatic rings. The summed E-state index contributed by atoms with van der Waals surface area (Å²) < 4.78 is 31.7. The summed E-state index contributed by atoms with van der Waals surface area (Å²) in [7, 11) is 0. The van der Waals surface area contributed by atoms with E-state index in [0.29, 0.717) is 11.1 Å². The minimum atomic E-state index is -5.08. The SMILES string of the molecule is N=C(N)c1ccc(C(=O)NCCC(=O)N[C@@H](CC(=O)O)C(=O)N[C@@H](Cc2ccc(O)cc2)C(=O)O)cc1.O=C(O)C(F)(F)F. The largest absolute Gasteiger partial charge is 0.508 e. The van der Waals surface area contributed by atoms with Crippen molar-refractivity contribution in [3.05, 3.63) is 65.2 Å². The summed E-state index contributed by atoms with van der Waals surface area (Å²) >= 11 is 0. The molecule has 0 saturated heterocycles. The van der Waals surface area contributed by atoms with Crippen molar-refractivity contribution in [2.24, 2.45) is 5.73 Å². The number of nitrogens with two attached hydrogens (primary N) is 1. The summed E-state index contributed by atoms with van der Waals surface area (Å²) in [6.45, 7) is -0.126. The number of nitrogens with one attached hydrogen (secondary N) is 4. The molecule has 2 aromatic carbocycles. The highest BCUT2D eigenvalue weighted by Crippen LogP contribution is 2.13. The molecule has 18 heteroatoms. The standard InChI is InChI=1S/C24H27N5O8.C2HF3O2/c25-21(26)14-3-5-15(6-4-14)22(34)27-10-9-19(31)28-17(12-20(32)33)23(35)29-18(24(36)37)11-13-1-7-16(30)8-2-13;3-2(4,5)1(6)7/h1-8,17-18,30H,9-12H2,(H3,25,26)(H,27,34)(H,28,31)(H,29,35)(H,32,33)(H,36,37);(H,6,7)/t17-,18-;/m0./s1. The summed E-state index contributed by atoms with van der Waals surface area (Å²) in [6.07, 6.45) is -6.30. The molecule has 0 unspecified atom stereocenters. The van der Waals surface area contributed by atoms with E-state index in [-0.39, 0.29) is 36.5 Å². The lowest BCUT2D eigenvalue weighted by atomic mass is 10.0. The smallest absolute Gasteiger partial charge is 0.490 e. The van der Waals surface area contributed by atoms with E-state index in [9.17, 15) is 47.4 Å². The molecule has 0 fully saturated rings. The average molecular weight is 628 g/mol. The summed E-state index contributed by atoms with van der Waals surface area (Å²) in [4.78, 5) is 68.9. The number of nitrogen functional groups attached to an aromatic ring is 1. The second-order valence-electron chi connectivity index (χ2n) is 8.79. The predicted octanol–water partition coefficient (Wildman–Crippen LogP) is 0.201. The van der Waals surface area contributed by atoms with Crippen LogP contribution in [0.4, 0.5) is 13.2 Å². The Morgan fingerprint density at radius 1 is 0.841 bits per heavy atom. The third-order valence-corrected chi connectivity index (χ3v) is 5.36. The minimum absolute atomic E-state index is 0.0222. The van der Waals surface area contributed by atoms with E-state index in [1.54, 1.807) is 0 Å². The predicted molar refractivity (Wildman–Crippen MR) is 144 cm³/mol. The lowest BCUT2D eigenvalue weighted by Gasteiger charge is -2.20. The van der Waals surface area contributed by atoms with Gasteiger partial charge in [0.2, 0.25) is 11.8 Å². The molecular weight excluding hydrogens is 599 g/mol. The number of alkyl halides is 3. The first kappa shape index (κ1) is 36.3. The first-order chi connectivity index (χ1) is 20.4. The number of amides is 3. The lowest BCUT2D eigenvalue weighted by molar-refractivity contribution is -0.192. The van der Waals surface area contributed by atoms with Gasteiger partial charge in [0.15, 0.2) is 0 Å². The minimum Gasteiger partial charge on any atom is -0.508 e. The Morgan fingerprint density at radius 3 is 1.82 bits per heavy atom. The van der Waals surface area contributed by atoms with Crippen LogP contribution in [0.15, 0.2) is 48.5 Å². The molecule has 0 bridgehead atoms. The van der Waals surface area contributed by atoms with Gasteiger partial charge >= 0.3 is 24.1 Å². The number of carboxylic acids is 3. The normalized spacial score (nSPS) is 11.9. The molecule has 238 valence electrons. The van der Waals surface area contributed by atoms with Crippen molar-refractivity contribution < 1.29 is 62.4 Å². The molecule has 0 radical (unpaired) electrons. The van der Waals surface area contributed by atoms with E-state index in [0.717, 1.165) is 0 Å². The maximum absolute atomic E-state index is 12.6. The number of carboxylic acid groups (broad SMARTS) is 3. The first-order valence-electron chi connectivity index (χ1n) is 12.3. The van der Waals surface area contributed by atoms with E-state index in [2.05, 4.69) is 16.0 Å². The summed E-state index contributed by atoms with van der Waals surface area (Å²) in [5, 5.41) is 49.4. The van der Waals surface area contributed by atoms with Crippen molar-refractivity contribution in [2.75, 3.05) is 6.54 Å². The molecule has 3 amide bonds. The Bertz CT molecular complexity index is 1370. The average Bonchev–Trinajstić information content (AvgIpc) is 2.92. The number of rotatable bonds is 13. The molecule has 15 nitrogen and oxygen atoms in total. The molecule has 0 spiro atoms. The van der Waals surface area contributed by atoms with Gasteiger partial charge in [0.25, 0.3) is 5.91 Å². The topological polar surface area (TPSA) is 269 Å². The van der Waals surface area contributed by atoms with Gasteiger partial charge in [0.1, 0.15) is 23.7 Å². The zero-order valence-corrected chi connectivity index (χ0v) is 22.6. The third-order valence-electron chi connectivity index (χ3n) is 5.36. The number of aliphatic carboxylic acids is 3. The number of halogens is 3. The van der Waals surface area contributed by atoms with Crippen molar-refractivity contribution in [2.45, 2.75) is 37.5 Å². The number of hydrogen-bond acceptors (Lipinski definition) is 8. The maximum atomic E-state index is 12.6. The number of phenolic OH excluding ortho intramolecular Hbond substituents is 1. The van der Waals surface area contributed by atoms with Gasteiger partial charge in [-0.3, -0.25) is 24.6 Å². The molecule has 2 rings (SSSR count). The number of aromatic hydroxyl groups is 1. The lowest BCUT2D eigenvalue weighted by Crippen LogP contribution is -2.53. The van der Waals surface area contributed by atoms with Crippen LogP contribution >= 0.6 is 0 Å². The fourth-order valence-electron chi connectivity index (χ4n) is 3.18. The van der Waals surface area contributed by atoms with Crippen LogP contribution in [0.3, 0.4) is 0 Å². The Kier molecular flexibility index (Phi) is 13.8. The first-order valence-corrected chi connectivity index (χ1v) is 12.3. The van der Waals surface area contributed by atoms with Crippen LogP contribution in [0.2, 0.25) is 0 Å². The van der Waals surface area contributed by atoms with Gasteiger partial charge in [-0.05, 0) is 29.8 Å². The molecule has 0 aliphatic heterocycles. The highest BCUT2D eigenvalue weighted by atomic mass is 19.4. The molecule has 0 heterocycles. The van der Waals surface area contributed by atoms with Crippen molar-refractivity contribution in [3.8, 4) is 5.75 Å². The number of amidine groups is 1. The van der Waals surface area contributed by atoms with Crippen LogP contribution in [0, 0.1) is 5.41 Å². The summed E-state index contributed by atoms with van der Waals surface area (Å²) in [5.74, 6) is -7.94. The van der Waals surface area contributed by atoms with Crippen LogP contribution in [0.1, 0.15) is 34.3 Å². The van der Waals surface area contributed by atoms with Crippen molar-refractivity contribution >= 4 is 41.5 Å². The number of benzene rings is 2. The Hall–Kier alpha value is -5.68. The van der Waals surface area contributed by atoms with E-state index < -0.39 is 60.3 Å². The van der Waals surface area contributed by atoms with Crippen LogP contribution < -0.4 is 21.7 Å². The second-order valence-corrected chi connectivity index (χ2v) is 8.79. The zero-order valence-electron chi connectivity index (χ0n) is 22.6. The molecule has 44 heavy (non-hydrogen) atoms. The molecule has 10 N–H and O–H groups in total. The van der Waals surface area contributed by atoms with Gasteiger partial charge in [-0.2, -0.15) is 13.2 Å². The quantitative estimate of drug-likeness (QED) is 0.107. The number of carbonyl (C=O) groups is 6. The summed E-state index contributed by atoms with van der Waals surface area (Å²) in [6, 6.07) is 8.57. The van der Waals surface area contributed by atoms with Gasteiger partial charge in [0.05, 0.1) is 6.42 Å². The molecule has 0 aliphatic rings. The van der Waals surface area contributed by atoms with E-state index in [1.165, 1.54) is 48.5 Å². The van der Waals surface area contributed by atoms with Crippen molar-refractivity contribution in [3.63, 3.8) is 0 Å². The van der Waals surface area contributed by atoms with Crippen LogP contribution in [0.25, 0.3) is 0 Å². The Balaban J connectivity index is 0.00000123. The monoisotopic (exact) mass is 627 g/mol. The Labute approximate surface area is 246 Å². The second kappa shape index (κ2) is 16.7. The fraction of sp³-hybridized carbons (Fsp3) is 0.269. The zero-order chi connectivity index (χ0) is 33.6. The molecular formula is C26H28F3N5O10. The Morgan fingerprint density at radius 2 is 1.36 bits per heavy atom. The van der Waals surface area contributed by atoms with Gasteiger partial charge in [0, 0.05) is 30.5 Å². The number of hydrogen-bond donors (Lipinski definition) is 9. The molecule has 0 saturated carbocycles. The fourth-order valence-corrected chi connectivity index (χ4v) is 3.18. The van der Waals surface area contributed by atoms with Gasteiger partial charge in [-0.15, -0.1) is 0 Å². The van der Waals surface area contributed by atoms with E-state index in [1.807, 2.05) is 0 Å². The van der Waals surface area contributed by atoms with E-state index in [4.69, 9.17) is 26.2 Å². The van der Waals surface area contributed by atoms with E-state index >= 15 is 0 Å². The van der Waals surface area contributed by atoms with Crippen LogP contribution in [-0.4, -0.2) is 86.7 Å². The number of carbonyl (C=O) groups excluding carboxylic acids is 3. The van der Waals surface area contributed by atoms with Gasteiger partial charge in [-0.25, -0.2) is 9.59 Å². The molecule has 0 aliphatic carbocycles. The molecule has 0 aromatic heterocycles. The van der Waals surface area contributed by atoms with Crippen LogP contribution in [0.5, 0.6) is 5.75 Å². The number of phenols is 1. The highest BCUT2D eigenvalue weighted by Gasteiger charge is 2.38. The highest BCUT2D eigenvalue weighted by molar-refractivity contribution is 5.98. The maximum Gasteiger partial charge on any atom is 0.490 e. The van der Waals surface area contributed by atoms with Gasteiger partial charge in [-0.1, -0.05) is 24.3 Å². The van der Waals surface area contributed by atoms with Crippen molar-refractivity contribution in [1.29, 1.82) is 5.41 Å². The summed E-state index contributed by atoms with van der Waals surface area (Å²) in [5.41, 5.74) is 6.56. The van der Waals surface area contributed by atoms with Gasteiger partial charge < -0.3 is 42.1 Å². The molecule has 2 atom stereocenters. The third kappa shape index (κ3) is 13.3. The van der Waals surface area contributed by atoms with Crippen LogP contribution in [-0.2, 0) is 30.4 Å². The van der Waals surface area contributed by atoms with Crippen molar-refractivity contribution in [1.82, 2.24) is 16.0 Å².